The van der Waals surface area contributed by atoms with Gasteiger partial charge in [0.05, 0.1) is 18.9 Å². The summed E-state index contributed by atoms with van der Waals surface area (Å²) in [5.74, 6) is 0. The van der Waals surface area contributed by atoms with E-state index in [2.05, 4.69) is 35.1 Å². The van der Waals surface area contributed by atoms with Crippen molar-refractivity contribution in [3.05, 3.63) is 30.3 Å². The lowest BCUT2D eigenvalue weighted by Crippen LogP contribution is -2.49. The molecule has 1 saturated heterocycles. The Morgan fingerprint density at radius 1 is 1.40 bits per heavy atom. The first-order valence-corrected chi connectivity index (χ1v) is 5.48. The number of ether oxygens (including phenoxy) is 1. The first-order chi connectivity index (χ1) is 7.42. The molecular formula is C12H17N2O. The number of morpholine rings is 1. The van der Waals surface area contributed by atoms with E-state index >= 15 is 0 Å². The fourth-order valence-corrected chi connectivity index (χ4v) is 1.86. The minimum absolute atomic E-state index is 0.823. The number of hydrogen-bond donors (Lipinski definition) is 0. The van der Waals surface area contributed by atoms with Crippen molar-refractivity contribution in [1.82, 2.24) is 5.01 Å². The van der Waals surface area contributed by atoms with Crippen molar-refractivity contribution in [2.45, 2.75) is 6.92 Å². The molecule has 1 aromatic carbocycles. The Balaban J connectivity index is 2.09. The zero-order valence-corrected chi connectivity index (χ0v) is 9.15. The van der Waals surface area contributed by atoms with Crippen LogP contribution in [0.15, 0.2) is 24.3 Å². The third-order valence-electron chi connectivity index (χ3n) is 2.60. The van der Waals surface area contributed by atoms with E-state index in [0.717, 1.165) is 38.5 Å². The van der Waals surface area contributed by atoms with Gasteiger partial charge in [-0.05, 0) is 13.0 Å². The molecule has 81 valence electrons. The molecule has 0 amide bonds. The normalized spacial score (nSPS) is 17.7. The molecule has 0 aliphatic carbocycles. The zero-order valence-electron chi connectivity index (χ0n) is 9.15. The van der Waals surface area contributed by atoms with Gasteiger partial charge in [0, 0.05) is 25.7 Å². The summed E-state index contributed by atoms with van der Waals surface area (Å²) in [6.45, 7) is 6.72. The molecule has 1 aromatic rings. The van der Waals surface area contributed by atoms with E-state index in [-0.39, 0.29) is 0 Å². The Bertz CT molecular complexity index is 283. The summed E-state index contributed by atoms with van der Waals surface area (Å²) in [5.41, 5.74) is 1.14. The average Bonchev–Trinajstić information content (AvgIpc) is 2.33. The third-order valence-corrected chi connectivity index (χ3v) is 2.60. The number of anilines is 1. The largest absolute Gasteiger partial charge is 0.379 e. The van der Waals surface area contributed by atoms with E-state index in [9.17, 15) is 0 Å². The fraction of sp³-hybridized carbons (Fsp3) is 0.500. The van der Waals surface area contributed by atoms with Crippen LogP contribution in [0.1, 0.15) is 6.92 Å². The average molecular weight is 205 g/mol. The van der Waals surface area contributed by atoms with Gasteiger partial charge >= 0.3 is 0 Å². The molecule has 0 atom stereocenters. The van der Waals surface area contributed by atoms with Gasteiger partial charge in [-0.15, -0.1) is 0 Å². The Morgan fingerprint density at radius 2 is 2.20 bits per heavy atom. The van der Waals surface area contributed by atoms with Gasteiger partial charge in [0.1, 0.15) is 0 Å². The van der Waals surface area contributed by atoms with Gasteiger partial charge in [-0.1, -0.05) is 18.2 Å². The van der Waals surface area contributed by atoms with E-state index in [1.54, 1.807) is 0 Å². The number of hydrazine groups is 1. The number of nitrogens with zero attached hydrogens (tertiary/aromatic N) is 2. The first kappa shape index (κ1) is 10.5. The Labute approximate surface area is 91.2 Å². The van der Waals surface area contributed by atoms with Crippen molar-refractivity contribution in [2.24, 2.45) is 0 Å². The van der Waals surface area contributed by atoms with E-state index in [1.807, 2.05) is 12.1 Å². The van der Waals surface area contributed by atoms with Crippen LogP contribution in [0.25, 0.3) is 0 Å². The summed E-state index contributed by atoms with van der Waals surface area (Å²) >= 11 is 0. The summed E-state index contributed by atoms with van der Waals surface area (Å²) in [6, 6.07) is 11.4. The highest BCUT2D eigenvalue weighted by Gasteiger charge is 2.17. The van der Waals surface area contributed by atoms with Crippen molar-refractivity contribution in [2.75, 3.05) is 37.9 Å². The highest BCUT2D eigenvalue weighted by Crippen LogP contribution is 2.15. The second-order valence-corrected chi connectivity index (χ2v) is 3.53. The van der Waals surface area contributed by atoms with E-state index < -0.39 is 0 Å². The smallest absolute Gasteiger partial charge is 0.0612 e. The van der Waals surface area contributed by atoms with Crippen LogP contribution in [0.2, 0.25) is 0 Å². The molecule has 0 spiro atoms. The summed E-state index contributed by atoms with van der Waals surface area (Å²) in [7, 11) is 0. The minimum Gasteiger partial charge on any atom is -0.379 e. The molecule has 1 heterocycles. The Hall–Kier alpha value is -1.06. The van der Waals surface area contributed by atoms with Crippen LogP contribution >= 0.6 is 0 Å². The van der Waals surface area contributed by atoms with Gasteiger partial charge in [0.2, 0.25) is 0 Å². The van der Waals surface area contributed by atoms with Crippen LogP contribution in [0.4, 0.5) is 5.69 Å². The molecule has 3 nitrogen and oxygen atoms in total. The second kappa shape index (κ2) is 5.14. The maximum absolute atomic E-state index is 5.35. The van der Waals surface area contributed by atoms with E-state index in [0.29, 0.717) is 0 Å². The maximum atomic E-state index is 5.35. The number of hydrogen-bond acceptors (Lipinski definition) is 3. The van der Waals surface area contributed by atoms with Crippen LogP contribution in [-0.2, 0) is 4.74 Å². The maximum Gasteiger partial charge on any atom is 0.0612 e. The molecule has 0 aromatic heterocycles. The zero-order chi connectivity index (χ0) is 10.5. The van der Waals surface area contributed by atoms with Gasteiger partial charge in [0.25, 0.3) is 0 Å². The quantitative estimate of drug-likeness (QED) is 0.744. The minimum atomic E-state index is 0.823. The Morgan fingerprint density at radius 3 is 2.80 bits per heavy atom. The molecule has 1 aliphatic heterocycles. The molecule has 1 aliphatic rings. The van der Waals surface area contributed by atoms with Crippen LogP contribution in [-0.4, -0.2) is 37.9 Å². The summed E-state index contributed by atoms with van der Waals surface area (Å²) < 4.78 is 5.35. The third kappa shape index (κ3) is 2.49. The molecule has 0 saturated carbocycles. The van der Waals surface area contributed by atoms with Crippen molar-refractivity contribution in [1.29, 1.82) is 0 Å². The Kier molecular flexibility index (Phi) is 3.59. The number of benzene rings is 1. The molecule has 0 N–H and O–H groups in total. The molecule has 3 heteroatoms. The summed E-state index contributed by atoms with van der Waals surface area (Å²) in [5, 5.41) is 4.60. The number of rotatable bonds is 3. The van der Waals surface area contributed by atoms with Gasteiger partial charge in [0.15, 0.2) is 0 Å². The summed E-state index contributed by atoms with van der Waals surface area (Å²) in [4.78, 5) is 0. The predicted molar refractivity (Wildman–Crippen MR) is 60.7 cm³/mol. The molecule has 2 rings (SSSR count). The van der Waals surface area contributed by atoms with Gasteiger partial charge < -0.3 is 9.75 Å². The van der Waals surface area contributed by atoms with Gasteiger partial charge in [-0.25, -0.2) is 5.01 Å². The first-order valence-electron chi connectivity index (χ1n) is 5.48. The van der Waals surface area contributed by atoms with Crippen LogP contribution < -0.4 is 5.01 Å². The van der Waals surface area contributed by atoms with Crippen molar-refractivity contribution >= 4 is 5.69 Å². The molecule has 1 fully saturated rings. The standard InChI is InChI=1S/C12H17N2O/c1-2-14(12-6-4-3-5-7-12)13-8-10-15-11-9-13/h3-6H,2,8-11H2,1H3. The van der Waals surface area contributed by atoms with Crippen LogP contribution in [0.5, 0.6) is 0 Å². The SMILES string of the molecule is CCN(c1[c]cccc1)N1CCOCC1. The second-order valence-electron chi connectivity index (χ2n) is 3.53. The fourth-order valence-electron chi connectivity index (χ4n) is 1.86. The van der Waals surface area contributed by atoms with E-state index in [1.165, 1.54) is 0 Å². The van der Waals surface area contributed by atoms with Crippen molar-refractivity contribution in [3.8, 4) is 0 Å². The van der Waals surface area contributed by atoms with Gasteiger partial charge in [-0.3, -0.25) is 0 Å². The molecule has 15 heavy (non-hydrogen) atoms. The van der Waals surface area contributed by atoms with E-state index in [4.69, 9.17) is 4.74 Å². The lowest BCUT2D eigenvalue weighted by Gasteiger charge is -2.38. The van der Waals surface area contributed by atoms with Crippen LogP contribution in [0, 0.1) is 6.07 Å². The monoisotopic (exact) mass is 205 g/mol. The van der Waals surface area contributed by atoms with Gasteiger partial charge in [-0.2, -0.15) is 0 Å². The topological polar surface area (TPSA) is 15.7 Å². The highest BCUT2D eigenvalue weighted by molar-refractivity contribution is 5.43. The molecule has 0 bridgehead atoms. The predicted octanol–water partition coefficient (Wildman–Crippen LogP) is 1.56. The number of para-hydroxylation sites is 1. The summed E-state index contributed by atoms with van der Waals surface area (Å²) in [6.07, 6.45) is 0. The molecule has 0 unspecified atom stereocenters. The lowest BCUT2D eigenvalue weighted by atomic mass is 10.3. The van der Waals surface area contributed by atoms with Crippen molar-refractivity contribution < 1.29 is 4.74 Å². The van der Waals surface area contributed by atoms with Crippen LogP contribution in [0.3, 0.4) is 0 Å². The lowest BCUT2D eigenvalue weighted by molar-refractivity contribution is 0.0322. The molecule has 1 radical (unpaired) electrons. The van der Waals surface area contributed by atoms with Crippen molar-refractivity contribution in [3.63, 3.8) is 0 Å². The highest BCUT2D eigenvalue weighted by atomic mass is 16.5. The molecular weight excluding hydrogens is 188 g/mol.